The van der Waals surface area contributed by atoms with E-state index in [0.29, 0.717) is 5.15 Å². The Hall–Kier alpha value is -1.54. The van der Waals surface area contributed by atoms with Crippen molar-refractivity contribution in [2.45, 2.75) is 19.8 Å². The molecule has 0 bridgehead atoms. The molecule has 1 aromatic carbocycles. The molecular weight excluding hydrogens is 232 g/mol. The van der Waals surface area contributed by atoms with E-state index in [4.69, 9.17) is 11.6 Å². The van der Waals surface area contributed by atoms with Gasteiger partial charge in [-0.05, 0) is 30.2 Å². The Morgan fingerprint density at radius 2 is 2.06 bits per heavy atom. The molecular formula is C14H15ClN2. The van der Waals surface area contributed by atoms with Crippen LogP contribution in [0.3, 0.4) is 0 Å². The van der Waals surface area contributed by atoms with Crippen molar-refractivity contribution >= 4 is 23.0 Å². The molecule has 17 heavy (non-hydrogen) atoms. The van der Waals surface area contributed by atoms with Gasteiger partial charge >= 0.3 is 0 Å². The normalized spacial score (nSPS) is 10.2. The molecule has 3 heteroatoms. The summed E-state index contributed by atoms with van der Waals surface area (Å²) >= 11 is 5.86. The quantitative estimate of drug-likeness (QED) is 0.808. The number of hydrogen-bond acceptors (Lipinski definition) is 2. The molecule has 0 aliphatic carbocycles. The van der Waals surface area contributed by atoms with Crippen LogP contribution in [0.2, 0.25) is 5.15 Å². The van der Waals surface area contributed by atoms with Crippen LogP contribution < -0.4 is 5.32 Å². The molecule has 0 atom stereocenters. The Bertz CT molecular complexity index is 497. The summed E-state index contributed by atoms with van der Waals surface area (Å²) in [6, 6.07) is 12.1. The first kappa shape index (κ1) is 11.9. The number of halogens is 1. The summed E-state index contributed by atoms with van der Waals surface area (Å²) < 4.78 is 0. The predicted molar refractivity (Wildman–Crippen MR) is 73.0 cm³/mol. The monoisotopic (exact) mass is 246 g/mol. The first-order valence-corrected chi connectivity index (χ1v) is 6.14. The van der Waals surface area contributed by atoms with Crippen LogP contribution in [0.5, 0.6) is 0 Å². The van der Waals surface area contributed by atoms with Crippen LogP contribution in [0.4, 0.5) is 11.4 Å². The molecule has 0 amide bonds. The third-order valence-corrected chi connectivity index (χ3v) is 2.75. The van der Waals surface area contributed by atoms with E-state index in [1.807, 2.05) is 18.2 Å². The van der Waals surface area contributed by atoms with Gasteiger partial charge in [0.2, 0.25) is 0 Å². The highest BCUT2D eigenvalue weighted by molar-refractivity contribution is 6.29. The number of nitrogens with zero attached hydrogens (tertiary/aromatic N) is 1. The van der Waals surface area contributed by atoms with Gasteiger partial charge in [0.1, 0.15) is 5.15 Å². The second-order valence-corrected chi connectivity index (χ2v) is 4.29. The number of hydrogen-bond donors (Lipinski definition) is 1. The molecule has 2 rings (SSSR count). The largest absolute Gasteiger partial charge is 0.355 e. The summed E-state index contributed by atoms with van der Waals surface area (Å²) in [7, 11) is 0. The maximum atomic E-state index is 5.86. The van der Waals surface area contributed by atoms with E-state index in [2.05, 4.69) is 35.4 Å². The number of aryl methyl sites for hydroxylation is 1. The lowest BCUT2D eigenvalue weighted by molar-refractivity contribution is 0.923. The van der Waals surface area contributed by atoms with Crippen molar-refractivity contribution in [3.05, 3.63) is 53.3 Å². The molecule has 1 aromatic heterocycles. The number of anilines is 2. The number of para-hydroxylation sites is 1. The average molecular weight is 247 g/mol. The third-order valence-electron chi connectivity index (χ3n) is 2.54. The summed E-state index contributed by atoms with van der Waals surface area (Å²) in [5.74, 6) is 0. The predicted octanol–water partition coefficient (Wildman–Crippen LogP) is 4.43. The van der Waals surface area contributed by atoms with Gasteiger partial charge in [-0.1, -0.05) is 43.1 Å². The van der Waals surface area contributed by atoms with Crippen LogP contribution >= 0.6 is 11.6 Å². The Labute approximate surface area is 107 Å². The zero-order valence-corrected chi connectivity index (χ0v) is 10.5. The van der Waals surface area contributed by atoms with Crippen molar-refractivity contribution in [1.82, 2.24) is 4.98 Å². The van der Waals surface area contributed by atoms with Gasteiger partial charge in [-0.3, -0.25) is 0 Å². The topological polar surface area (TPSA) is 24.9 Å². The van der Waals surface area contributed by atoms with E-state index in [1.165, 1.54) is 5.56 Å². The van der Waals surface area contributed by atoms with E-state index in [1.54, 1.807) is 6.20 Å². The number of benzene rings is 1. The van der Waals surface area contributed by atoms with Gasteiger partial charge in [0.15, 0.2) is 0 Å². The molecule has 1 N–H and O–H groups in total. The van der Waals surface area contributed by atoms with Crippen LogP contribution in [0.15, 0.2) is 42.6 Å². The minimum Gasteiger partial charge on any atom is -0.355 e. The molecule has 0 radical (unpaired) electrons. The standard InChI is InChI=1S/C14H15ClN2/c1-2-5-11-6-3-4-7-13(11)17-12-8-9-16-14(15)10-12/h3-4,6-10H,2,5H2,1H3,(H,16,17). The zero-order valence-electron chi connectivity index (χ0n) is 9.78. The average Bonchev–Trinajstić information content (AvgIpc) is 2.32. The highest BCUT2D eigenvalue weighted by atomic mass is 35.5. The van der Waals surface area contributed by atoms with Crippen LogP contribution in [-0.4, -0.2) is 4.98 Å². The lowest BCUT2D eigenvalue weighted by atomic mass is 10.1. The SMILES string of the molecule is CCCc1ccccc1Nc1ccnc(Cl)c1. The second kappa shape index (κ2) is 5.69. The van der Waals surface area contributed by atoms with Crippen LogP contribution in [0, 0.1) is 0 Å². The molecule has 0 aliphatic heterocycles. The molecule has 1 heterocycles. The number of aromatic nitrogens is 1. The van der Waals surface area contributed by atoms with Gasteiger partial charge in [-0.2, -0.15) is 0 Å². The molecule has 88 valence electrons. The molecule has 2 aromatic rings. The number of pyridine rings is 1. The lowest BCUT2D eigenvalue weighted by Gasteiger charge is -2.11. The fourth-order valence-corrected chi connectivity index (χ4v) is 1.94. The fraction of sp³-hybridized carbons (Fsp3) is 0.214. The van der Waals surface area contributed by atoms with Crippen LogP contribution in [0.1, 0.15) is 18.9 Å². The van der Waals surface area contributed by atoms with Crippen molar-refractivity contribution in [2.75, 3.05) is 5.32 Å². The highest BCUT2D eigenvalue weighted by Gasteiger charge is 2.01. The van der Waals surface area contributed by atoms with Crippen molar-refractivity contribution in [3.8, 4) is 0 Å². The van der Waals surface area contributed by atoms with Crippen molar-refractivity contribution in [3.63, 3.8) is 0 Å². The van der Waals surface area contributed by atoms with Gasteiger partial charge < -0.3 is 5.32 Å². The van der Waals surface area contributed by atoms with Crippen molar-refractivity contribution in [1.29, 1.82) is 0 Å². The van der Waals surface area contributed by atoms with Gasteiger partial charge in [-0.15, -0.1) is 0 Å². The van der Waals surface area contributed by atoms with Gasteiger partial charge in [0, 0.05) is 17.6 Å². The summed E-state index contributed by atoms with van der Waals surface area (Å²) in [6.07, 6.45) is 3.91. The molecule has 0 saturated heterocycles. The molecule has 0 unspecified atom stereocenters. The molecule has 0 fully saturated rings. The smallest absolute Gasteiger partial charge is 0.131 e. The minimum atomic E-state index is 0.503. The lowest BCUT2D eigenvalue weighted by Crippen LogP contribution is -1.96. The Balaban J connectivity index is 2.23. The van der Waals surface area contributed by atoms with Crippen molar-refractivity contribution in [2.24, 2.45) is 0 Å². The minimum absolute atomic E-state index is 0.503. The summed E-state index contributed by atoms with van der Waals surface area (Å²) in [5.41, 5.74) is 3.42. The summed E-state index contributed by atoms with van der Waals surface area (Å²) in [6.45, 7) is 2.18. The van der Waals surface area contributed by atoms with Gasteiger partial charge in [0.25, 0.3) is 0 Å². The second-order valence-electron chi connectivity index (χ2n) is 3.90. The highest BCUT2D eigenvalue weighted by Crippen LogP contribution is 2.22. The summed E-state index contributed by atoms with van der Waals surface area (Å²) in [5, 5.41) is 3.88. The Morgan fingerprint density at radius 3 is 2.82 bits per heavy atom. The molecule has 2 nitrogen and oxygen atoms in total. The van der Waals surface area contributed by atoms with E-state index < -0.39 is 0 Å². The maximum absolute atomic E-state index is 5.86. The first-order chi connectivity index (χ1) is 8.29. The van der Waals surface area contributed by atoms with E-state index >= 15 is 0 Å². The Kier molecular flexibility index (Phi) is 3.99. The van der Waals surface area contributed by atoms with E-state index in [-0.39, 0.29) is 0 Å². The van der Waals surface area contributed by atoms with E-state index in [9.17, 15) is 0 Å². The number of nitrogens with one attached hydrogen (secondary N) is 1. The summed E-state index contributed by atoms with van der Waals surface area (Å²) in [4.78, 5) is 3.97. The fourth-order valence-electron chi connectivity index (χ4n) is 1.77. The Morgan fingerprint density at radius 1 is 1.24 bits per heavy atom. The third kappa shape index (κ3) is 3.21. The van der Waals surface area contributed by atoms with Crippen molar-refractivity contribution < 1.29 is 0 Å². The molecule has 0 saturated carbocycles. The zero-order chi connectivity index (χ0) is 12.1. The van der Waals surface area contributed by atoms with Gasteiger partial charge in [-0.25, -0.2) is 4.98 Å². The van der Waals surface area contributed by atoms with Gasteiger partial charge in [0.05, 0.1) is 0 Å². The number of rotatable bonds is 4. The van der Waals surface area contributed by atoms with Crippen LogP contribution in [-0.2, 0) is 6.42 Å². The molecule has 0 spiro atoms. The first-order valence-electron chi connectivity index (χ1n) is 5.76. The molecule has 0 aliphatic rings. The van der Waals surface area contributed by atoms with E-state index in [0.717, 1.165) is 24.2 Å². The van der Waals surface area contributed by atoms with Crippen LogP contribution in [0.25, 0.3) is 0 Å². The maximum Gasteiger partial charge on any atom is 0.131 e.